The predicted molar refractivity (Wildman–Crippen MR) is 126 cm³/mol. The molecular weight excluding hydrogens is 472 g/mol. The van der Waals surface area contributed by atoms with Gasteiger partial charge in [-0.05, 0) is 49.2 Å². The number of aromatic nitrogens is 2. The standard InChI is InChI=1S/C24H24N4O6S/c1-14-7-8-17(9-15(14)2)35(32,33)28-12-16(29)10-21(28)24(31)34-13-22(30)18(11-25)23-26-19-5-3-4-6-20(19)27-23/h3-9,16,21,29-30H,10,12-13H2,1-2H3,(H,26,27)/b22-18-. The van der Waals surface area contributed by atoms with Crippen LogP contribution in [-0.2, 0) is 19.6 Å². The number of esters is 1. The lowest BCUT2D eigenvalue weighted by molar-refractivity contribution is -0.147. The van der Waals surface area contributed by atoms with E-state index in [0.29, 0.717) is 11.0 Å². The summed E-state index contributed by atoms with van der Waals surface area (Å²) >= 11 is 0. The maximum Gasteiger partial charge on any atom is 0.325 e. The van der Waals surface area contributed by atoms with Gasteiger partial charge in [0, 0.05) is 13.0 Å². The Morgan fingerprint density at radius 2 is 2.00 bits per heavy atom. The molecule has 35 heavy (non-hydrogen) atoms. The van der Waals surface area contributed by atoms with E-state index in [1.54, 1.807) is 37.3 Å². The first-order valence-corrected chi connectivity index (χ1v) is 12.3. The number of nitrogens with one attached hydrogen (secondary N) is 1. The molecule has 2 atom stereocenters. The van der Waals surface area contributed by atoms with E-state index in [1.807, 2.05) is 13.0 Å². The van der Waals surface area contributed by atoms with Crippen LogP contribution in [0, 0.1) is 25.2 Å². The third kappa shape index (κ3) is 4.77. The second-order valence-electron chi connectivity index (χ2n) is 8.37. The summed E-state index contributed by atoms with van der Waals surface area (Å²) in [5, 5.41) is 30.1. The van der Waals surface area contributed by atoms with Gasteiger partial charge in [-0.2, -0.15) is 9.57 Å². The Kier molecular flexibility index (Phi) is 6.62. The molecule has 2 aromatic carbocycles. The molecule has 1 saturated heterocycles. The summed E-state index contributed by atoms with van der Waals surface area (Å²) in [4.78, 5) is 20.0. The first kappa shape index (κ1) is 24.4. The van der Waals surface area contributed by atoms with E-state index < -0.39 is 40.5 Å². The Morgan fingerprint density at radius 1 is 1.26 bits per heavy atom. The number of ether oxygens (including phenoxy) is 1. The quantitative estimate of drug-likeness (QED) is 0.267. The highest BCUT2D eigenvalue weighted by Crippen LogP contribution is 2.28. The van der Waals surface area contributed by atoms with E-state index in [2.05, 4.69) is 9.97 Å². The Balaban J connectivity index is 1.53. The number of carbonyl (C=O) groups is 1. The molecule has 0 amide bonds. The van der Waals surface area contributed by atoms with Gasteiger partial charge in [0.2, 0.25) is 10.0 Å². The van der Waals surface area contributed by atoms with Gasteiger partial charge in [-0.15, -0.1) is 0 Å². The van der Waals surface area contributed by atoms with Crippen molar-refractivity contribution in [2.75, 3.05) is 13.2 Å². The number of sulfonamides is 1. The number of β-amino-alcohol motifs (C(OH)–C–C–N with tert-alkyl or cyclic N) is 1. The average Bonchev–Trinajstić information content (AvgIpc) is 3.43. The number of fused-ring (bicyclic) bond motifs is 1. The lowest BCUT2D eigenvalue weighted by Crippen LogP contribution is -2.41. The van der Waals surface area contributed by atoms with Crippen LogP contribution in [0.1, 0.15) is 23.4 Å². The van der Waals surface area contributed by atoms with Crippen LogP contribution in [0.5, 0.6) is 0 Å². The Bertz CT molecular complexity index is 1440. The van der Waals surface area contributed by atoms with Crippen molar-refractivity contribution >= 4 is 32.6 Å². The normalized spacial score (nSPS) is 19.4. The van der Waals surface area contributed by atoms with Crippen LogP contribution < -0.4 is 0 Å². The number of H-pyrrole nitrogens is 1. The lowest BCUT2D eigenvalue weighted by Gasteiger charge is -2.23. The molecule has 0 radical (unpaired) electrons. The summed E-state index contributed by atoms with van der Waals surface area (Å²) in [5.74, 6) is -1.37. The van der Waals surface area contributed by atoms with Gasteiger partial charge in [0.1, 0.15) is 24.3 Å². The monoisotopic (exact) mass is 496 g/mol. The van der Waals surface area contributed by atoms with Crippen LogP contribution in [0.15, 0.2) is 53.1 Å². The van der Waals surface area contributed by atoms with Gasteiger partial charge in [-0.1, -0.05) is 18.2 Å². The van der Waals surface area contributed by atoms with Gasteiger partial charge in [-0.25, -0.2) is 13.4 Å². The average molecular weight is 497 g/mol. The van der Waals surface area contributed by atoms with Crippen molar-refractivity contribution in [1.82, 2.24) is 14.3 Å². The molecule has 3 N–H and O–H groups in total. The first-order chi connectivity index (χ1) is 16.6. The molecule has 11 heteroatoms. The molecule has 182 valence electrons. The lowest BCUT2D eigenvalue weighted by atomic mass is 10.1. The summed E-state index contributed by atoms with van der Waals surface area (Å²) in [5.41, 5.74) is 2.73. The molecule has 1 aliphatic rings. The van der Waals surface area contributed by atoms with Crippen molar-refractivity contribution < 1.29 is 28.2 Å². The fourth-order valence-corrected chi connectivity index (χ4v) is 5.62. The number of aliphatic hydroxyl groups excluding tert-OH is 2. The number of carbonyl (C=O) groups excluding carboxylic acids is 1. The molecule has 1 fully saturated rings. The van der Waals surface area contributed by atoms with E-state index in [1.165, 1.54) is 12.1 Å². The van der Waals surface area contributed by atoms with E-state index in [-0.39, 0.29) is 29.3 Å². The van der Waals surface area contributed by atoms with Crippen LogP contribution in [0.25, 0.3) is 16.6 Å². The molecule has 0 aliphatic carbocycles. The number of hydrogen-bond donors (Lipinski definition) is 3. The zero-order valence-electron chi connectivity index (χ0n) is 19.1. The highest BCUT2D eigenvalue weighted by atomic mass is 32.2. The van der Waals surface area contributed by atoms with Gasteiger partial charge in [0.25, 0.3) is 0 Å². The largest absolute Gasteiger partial charge is 0.507 e. The maximum atomic E-state index is 13.2. The van der Waals surface area contributed by atoms with Gasteiger partial charge < -0.3 is 19.9 Å². The number of benzene rings is 2. The van der Waals surface area contributed by atoms with E-state index in [9.17, 15) is 28.7 Å². The molecular formula is C24H24N4O6S. The summed E-state index contributed by atoms with van der Waals surface area (Å²) in [6.45, 7) is 2.71. The van der Waals surface area contributed by atoms with Gasteiger partial charge in [0.05, 0.1) is 22.0 Å². The van der Waals surface area contributed by atoms with Gasteiger partial charge in [0.15, 0.2) is 11.6 Å². The van der Waals surface area contributed by atoms with Gasteiger partial charge in [-0.3, -0.25) is 4.79 Å². The topological polar surface area (TPSA) is 157 Å². The smallest absolute Gasteiger partial charge is 0.325 e. The zero-order chi connectivity index (χ0) is 25.3. The summed E-state index contributed by atoms with van der Waals surface area (Å²) in [6.07, 6.45) is -1.20. The van der Waals surface area contributed by atoms with Crippen molar-refractivity contribution in [1.29, 1.82) is 5.26 Å². The number of nitrogens with zero attached hydrogens (tertiary/aromatic N) is 3. The van der Waals surface area contributed by atoms with Crippen molar-refractivity contribution in [3.8, 4) is 6.07 Å². The Morgan fingerprint density at radius 3 is 2.69 bits per heavy atom. The number of imidazole rings is 1. The number of para-hydroxylation sites is 2. The number of aromatic amines is 1. The number of hydrogen-bond acceptors (Lipinski definition) is 8. The molecule has 3 aromatic rings. The summed E-state index contributed by atoms with van der Waals surface area (Å²) in [7, 11) is -4.09. The van der Waals surface area contributed by atoms with Crippen molar-refractivity contribution in [3.05, 3.63) is 65.2 Å². The van der Waals surface area contributed by atoms with Crippen LogP contribution >= 0.6 is 0 Å². The fraction of sp³-hybridized carbons (Fsp3) is 0.292. The van der Waals surface area contributed by atoms with Crippen molar-refractivity contribution in [3.63, 3.8) is 0 Å². The zero-order valence-corrected chi connectivity index (χ0v) is 19.9. The SMILES string of the molecule is Cc1ccc(S(=O)(=O)N2CC(O)CC2C(=O)OC/C(O)=C(\C#N)c2nc3ccccc3[nH]2)cc1C. The summed E-state index contributed by atoms with van der Waals surface area (Å²) < 4.78 is 32.5. The van der Waals surface area contributed by atoms with Gasteiger partial charge >= 0.3 is 5.97 Å². The minimum atomic E-state index is -4.09. The highest BCUT2D eigenvalue weighted by molar-refractivity contribution is 7.89. The molecule has 0 saturated carbocycles. The Hall–Kier alpha value is -3.72. The highest BCUT2D eigenvalue weighted by Gasteiger charge is 2.44. The minimum Gasteiger partial charge on any atom is -0.507 e. The van der Waals surface area contributed by atoms with Crippen LogP contribution in [0.2, 0.25) is 0 Å². The third-order valence-corrected chi connectivity index (χ3v) is 7.84. The minimum absolute atomic E-state index is 0.00638. The second kappa shape index (κ2) is 9.50. The van der Waals surface area contributed by atoms with Crippen molar-refractivity contribution in [2.24, 2.45) is 0 Å². The van der Waals surface area contributed by atoms with Crippen molar-refractivity contribution in [2.45, 2.75) is 37.3 Å². The molecule has 10 nitrogen and oxygen atoms in total. The van der Waals surface area contributed by atoms with E-state index >= 15 is 0 Å². The predicted octanol–water partition coefficient (Wildman–Crippen LogP) is 2.34. The van der Waals surface area contributed by atoms with Crippen LogP contribution in [0.4, 0.5) is 0 Å². The number of rotatable bonds is 6. The number of aliphatic hydroxyl groups is 2. The molecule has 0 bridgehead atoms. The number of nitriles is 1. The molecule has 1 aliphatic heterocycles. The molecule has 4 rings (SSSR count). The number of aryl methyl sites for hydroxylation is 2. The fourth-order valence-electron chi connectivity index (χ4n) is 3.91. The maximum absolute atomic E-state index is 13.2. The molecule has 1 aromatic heterocycles. The molecule has 2 unspecified atom stereocenters. The van der Waals surface area contributed by atoms with Crippen LogP contribution in [-0.4, -0.2) is 64.2 Å². The summed E-state index contributed by atoms with van der Waals surface area (Å²) in [6, 6.07) is 12.3. The first-order valence-electron chi connectivity index (χ1n) is 10.8. The van der Waals surface area contributed by atoms with E-state index in [0.717, 1.165) is 15.4 Å². The molecule has 2 heterocycles. The Labute approximate surface area is 202 Å². The van der Waals surface area contributed by atoms with E-state index in [4.69, 9.17) is 4.74 Å². The van der Waals surface area contributed by atoms with Crippen LogP contribution in [0.3, 0.4) is 0 Å². The third-order valence-electron chi connectivity index (χ3n) is 5.97. The second-order valence-corrected chi connectivity index (χ2v) is 10.3. The molecule has 0 spiro atoms. The number of allylic oxidation sites excluding steroid dienone is 1.